The lowest BCUT2D eigenvalue weighted by Crippen LogP contribution is -2.39. The second-order valence-corrected chi connectivity index (χ2v) is 8.84. The summed E-state index contributed by atoms with van der Waals surface area (Å²) in [5.41, 5.74) is 2.71. The molecule has 0 amide bonds. The van der Waals surface area contributed by atoms with E-state index < -0.39 is 0 Å². The molecule has 2 fully saturated rings. The zero-order chi connectivity index (χ0) is 21.2. The van der Waals surface area contributed by atoms with Crippen LogP contribution >= 0.6 is 24.0 Å². The quantitative estimate of drug-likeness (QED) is 0.223. The van der Waals surface area contributed by atoms with Crippen molar-refractivity contribution in [2.24, 2.45) is 16.8 Å². The van der Waals surface area contributed by atoms with Gasteiger partial charge in [-0.1, -0.05) is 31.2 Å². The van der Waals surface area contributed by atoms with Crippen molar-refractivity contribution in [3.8, 4) is 0 Å². The van der Waals surface area contributed by atoms with Crippen LogP contribution in [0.25, 0.3) is 0 Å². The molecular weight excluding hydrogens is 503 g/mol. The number of hydrogen-bond donors (Lipinski definition) is 1. The summed E-state index contributed by atoms with van der Waals surface area (Å²) >= 11 is 0. The maximum atomic E-state index is 5.70. The predicted molar refractivity (Wildman–Crippen MR) is 138 cm³/mol. The van der Waals surface area contributed by atoms with Gasteiger partial charge in [-0.2, -0.15) is 0 Å². The molecule has 1 atom stereocenters. The summed E-state index contributed by atoms with van der Waals surface area (Å²) < 4.78 is 10.7. The molecule has 0 bridgehead atoms. The molecule has 2 aliphatic heterocycles. The molecule has 0 aliphatic carbocycles. The van der Waals surface area contributed by atoms with Gasteiger partial charge in [-0.15, -0.1) is 24.0 Å². The summed E-state index contributed by atoms with van der Waals surface area (Å²) in [6.07, 6.45) is 3.81. The van der Waals surface area contributed by atoms with E-state index in [1.807, 2.05) is 7.05 Å². The van der Waals surface area contributed by atoms with E-state index in [2.05, 4.69) is 51.3 Å². The minimum atomic E-state index is 0. The lowest BCUT2D eigenvalue weighted by atomic mass is 9.99. The van der Waals surface area contributed by atoms with Gasteiger partial charge < -0.3 is 19.7 Å². The monoisotopic (exact) mass is 544 g/mol. The number of methoxy groups -OCH3 is 1. The number of piperidine rings is 1. The molecule has 6 nitrogen and oxygen atoms in total. The highest BCUT2D eigenvalue weighted by atomic mass is 127. The minimum Gasteiger partial charge on any atom is -0.382 e. The van der Waals surface area contributed by atoms with Gasteiger partial charge in [0.15, 0.2) is 5.96 Å². The van der Waals surface area contributed by atoms with E-state index in [1.165, 1.54) is 37.1 Å². The molecule has 1 unspecified atom stereocenters. The van der Waals surface area contributed by atoms with Crippen LogP contribution in [0.1, 0.15) is 37.3 Å². The van der Waals surface area contributed by atoms with Gasteiger partial charge in [-0.3, -0.25) is 9.89 Å². The fourth-order valence-corrected chi connectivity index (χ4v) is 4.31. The van der Waals surface area contributed by atoms with Gasteiger partial charge in [0.1, 0.15) is 0 Å². The Morgan fingerprint density at radius 3 is 2.45 bits per heavy atom. The fourth-order valence-electron chi connectivity index (χ4n) is 4.31. The molecule has 2 aliphatic rings. The van der Waals surface area contributed by atoms with Crippen molar-refractivity contribution in [3.63, 3.8) is 0 Å². The number of ether oxygens (including phenoxy) is 2. The summed E-state index contributed by atoms with van der Waals surface area (Å²) in [5.74, 6) is 2.44. The van der Waals surface area contributed by atoms with Gasteiger partial charge in [-0.25, -0.2) is 0 Å². The van der Waals surface area contributed by atoms with Gasteiger partial charge >= 0.3 is 0 Å². The number of halogens is 1. The van der Waals surface area contributed by atoms with E-state index >= 15 is 0 Å². The molecule has 2 heterocycles. The van der Waals surface area contributed by atoms with Gasteiger partial charge in [0.25, 0.3) is 0 Å². The number of hydrogen-bond acceptors (Lipinski definition) is 4. The van der Waals surface area contributed by atoms with Crippen molar-refractivity contribution in [1.29, 1.82) is 0 Å². The fraction of sp³-hybridized carbons (Fsp3) is 0.708. The molecule has 1 aromatic rings. The van der Waals surface area contributed by atoms with E-state index in [0.29, 0.717) is 19.1 Å². The Bertz CT molecular complexity index is 647. The Hall–Kier alpha value is -0.900. The molecule has 3 rings (SSSR count). The van der Waals surface area contributed by atoms with E-state index in [4.69, 9.17) is 9.47 Å². The van der Waals surface area contributed by atoms with Crippen LogP contribution in [0.3, 0.4) is 0 Å². The summed E-state index contributed by atoms with van der Waals surface area (Å²) in [4.78, 5) is 9.42. The lowest BCUT2D eigenvalue weighted by molar-refractivity contribution is 0.0536. The Morgan fingerprint density at radius 2 is 1.77 bits per heavy atom. The van der Waals surface area contributed by atoms with Gasteiger partial charge in [0.2, 0.25) is 0 Å². The van der Waals surface area contributed by atoms with Gasteiger partial charge in [0.05, 0.1) is 19.8 Å². The first kappa shape index (κ1) is 26.4. The molecule has 176 valence electrons. The summed E-state index contributed by atoms with van der Waals surface area (Å²) in [6.45, 7) is 10.9. The summed E-state index contributed by atoms with van der Waals surface area (Å²) in [5, 5.41) is 3.53. The first-order valence-electron chi connectivity index (χ1n) is 11.5. The highest BCUT2D eigenvalue weighted by Gasteiger charge is 2.25. The zero-order valence-electron chi connectivity index (χ0n) is 19.5. The number of nitrogens with one attached hydrogen (secondary N) is 1. The first-order valence-corrected chi connectivity index (χ1v) is 11.5. The average molecular weight is 545 g/mol. The zero-order valence-corrected chi connectivity index (χ0v) is 21.8. The van der Waals surface area contributed by atoms with Crippen LogP contribution in [0, 0.1) is 11.8 Å². The van der Waals surface area contributed by atoms with Gasteiger partial charge in [0, 0.05) is 46.3 Å². The molecule has 2 saturated heterocycles. The SMILES string of the molecule is CN=C(NCc1ccc(CN2CCC(C)CC2)cc1)N1CCC(COCCOC)C1.I. The molecule has 7 heteroatoms. The molecule has 1 N–H and O–H groups in total. The van der Waals surface area contributed by atoms with Crippen LogP contribution in [0.4, 0.5) is 0 Å². The van der Waals surface area contributed by atoms with E-state index in [0.717, 1.165) is 51.1 Å². The van der Waals surface area contributed by atoms with Crippen LogP contribution in [-0.2, 0) is 22.6 Å². The average Bonchev–Trinajstić information content (AvgIpc) is 3.23. The van der Waals surface area contributed by atoms with Crippen molar-refractivity contribution in [2.75, 3.05) is 60.2 Å². The van der Waals surface area contributed by atoms with Crippen molar-refractivity contribution >= 4 is 29.9 Å². The highest BCUT2D eigenvalue weighted by Crippen LogP contribution is 2.19. The van der Waals surface area contributed by atoms with Crippen molar-refractivity contribution in [3.05, 3.63) is 35.4 Å². The Labute approximate surface area is 205 Å². The van der Waals surface area contributed by atoms with E-state index in [-0.39, 0.29) is 24.0 Å². The number of rotatable bonds is 9. The number of likely N-dealkylation sites (tertiary alicyclic amines) is 2. The molecular formula is C24H41IN4O2. The minimum absolute atomic E-state index is 0. The van der Waals surface area contributed by atoms with Crippen molar-refractivity contribution in [1.82, 2.24) is 15.1 Å². The summed E-state index contributed by atoms with van der Waals surface area (Å²) in [7, 11) is 3.58. The molecule has 1 aromatic carbocycles. The largest absolute Gasteiger partial charge is 0.382 e. The number of guanidine groups is 1. The maximum Gasteiger partial charge on any atom is 0.193 e. The molecule has 0 spiro atoms. The van der Waals surface area contributed by atoms with Crippen molar-refractivity contribution < 1.29 is 9.47 Å². The molecule has 31 heavy (non-hydrogen) atoms. The smallest absolute Gasteiger partial charge is 0.193 e. The van der Waals surface area contributed by atoms with Crippen LogP contribution in [-0.4, -0.2) is 75.9 Å². The van der Waals surface area contributed by atoms with Crippen LogP contribution < -0.4 is 5.32 Å². The van der Waals surface area contributed by atoms with Crippen LogP contribution in [0.2, 0.25) is 0 Å². The lowest BCUT2D eigenvalue weighted by Gasteiger charge is -2.30. The molecule has 0 radical (unpaired) electrons. The Morgan fingerprint density at radius 1 is 1.06 bits per heavy atom. The number of benzene rings is 1. The standard InChI is InChI=1S/C24H40N4O2.HI/c1-20-8-11-27(12-9-20)17-22-6-4-21(5-7-22)16-26-24(25-2)28-13-10-23(18-28)19-30-15-14-29-3;/h4-7,20,23H,8-19H2,1-3H3,(H,25,26);1H. The van der Waals surface area contributed by atoms with Crippen LogP contribution in [0.5, 0.6) is 0 Å². The number of aliphatic imine (C=N–C) groups is 1. The second kappa shape index (κ2) is 14.3. The first-order chi connectivity index (χ1) is 14.7. The Balaban J connectivity index is 0.00000341. The topological polar surface area (TPSA) is 49.3 Å². The third-order valence-corrected chi connectivity index (χ3v) is 6.34. The maximum absolute atomic E-state index is 5.70. The second-order valence-electron chi connectivity index (χ2n) is 8.84. The third kappa shape index (κ3) is 8.86. The third-order valence-electron chi connectivity index (χ3n) is 6.34. The van der Waals surface area contributed by atoms with E-state index in [9.17, 15) is 0 Å². The Kier molecular flexibility index (Phi) is 12.1. The van der Waals surface area contributed by atoms with E-state index in [1.54, 1.807) is 7.11 Å². The predicted octanol–water partition coefficient (Wildman–Crippen LogP) is 3.60. The van der Waals surface area contributed by atoms with Gasteiger partial charge in [-0.05, 0) is 49.4 Å². The molecule has 0 aromatic heterocycles. The number of nitrogens with zero attached hydrogens (tertiary/aromatic N) is 3. The van der Waals surface area contributed by atoms with Crippen LogP contribution in [0.15, 0.2) is 29.3 Å². The van der Waals surface area contributed by atoms with Crippen molar-refractivity contribution in [2.45, 2.75) is 39.3 Å². The highest BCUT2D eigenvalue weighted by molar-refractivity contribution is 14.0. The molecule has 0 saturated carbocycles. The summed E-state index contributed by atoms with van der Waals surface area (Å²) in [6, 6.07) is 9.05. The normalized spacial score (nSPS) is 20.7.